The third-order valence-corrected chi connectivity index (χ3v) is 5.78. The highest BCUT2D eigenvalue weighted by molar-refractivity contribution is 6.07. The molecule has 0 aromatic rings. The Morgan fingerprint density at radius 3 is 2.70 bits per heavy atom. The van der Waals surface area contributed by atoms with E-state index in [1.807, 2.05) is 0 Å². The number of alkyl halides is 3. The van der Waals surface area contributed by atoms with Crippen LogP contribution in [0.5, 0.6) is 0 Å². The summed E-state index contributed by atoms with van der Waals surface area (Å²) < 4.78 is 43.8. The molecule has 3 aliphatic rings. The third-order valence-electron chi connectivity index (χ3n) is 5.78. The number of imide groups is 1. The van der Waals surface area contributed by atoms with E-state index in [0.29, 0.717) is 19.3 Å². The highest BCUT2D eigenvalue weighted by atomic mass is 19.4. The molecule has 11 heteroatoms. The standard InChI is InChI=1S/C16H23F3N4O4/c1-9-11(16(17,18)19)27-7-6-23(9)13(25)20-8-10-4-3-5-15(10)12(24)22(2)14(26)21-15/h9-11H,3-8H2,1-2H3,(H,20,25)(H,21,26)/t9-,10?,11-,15?/m1/s1. The fourth-order valence-electron chi connectivity index (χ4n) is 4.27. The Labute approximate surface area is 154 Å². The molecule has 1 aliphatic carbocycles. The first-order valence-corrected chi connectivity index (χ1v) is 8.91. The highest BCUT2D eigenvalue weighted by Crippen LogP contribution is 2.39. The number of carbonyl (C=O) groups is 3. The van der Waals surface area contributed by atoms with Gasteiger partial charge in [0.25, 0.3) is 5.91 Å². The van der Waals surface area contributed by atoms with Crippen molar-refractivity contribution in [3.05, 3.63) is 0 Å². The number of morpholine rings is 1. The lowest BCUT2D eigenvalue weighted by Crippen LogP contribution is -2.60. The number of hydrogen-bond acceptors (Lipinski definition) is 4. The number of ether oxygens (including phenoxy) is 1. The van der Waals surface area contributed by atoms with E-state index < -0.39 is 35.9 Å². The van der Waals surface area contributed by atoms with Gasteiger partial charge >= 0.3 is 18.2 Å². The van der Waals surface area contributed by atoms with Gasteiger partial charge in [0.05, 0.1) is 12.6 Å². The molecule has 3 rings (SSSR count). The van der Waals surface area contributed by atoms with Crippen LogP contribution >= 0.6 is 0 Å². The Balaban J connectivity index is 1.64. The second-order valence-electron chi connectivity index (χ2n) is 7.31. The third kappa shape index (κ3) is 3.32. The van der Waals surface area contributed by atoms with E-state index in [9.17, 15) is 27.6 Å². The molecule has 5 amide bonds. The molecule has 2 unspecified atom stereocenters. The van der Waals surface area contributed by atoms with Crippen molar-refractivity contribution < 1.29 is 32.3 Å². The monoisotopic (exact) mass is 392 g/mol. The molecule has 3 fully saturated rings. The van der Waals surface area contributed by atoms with Gasteiger partial charge < -0.3 is 20.3 Å². The summed E-state index contributed by atoms with van der Waals surface area (Å²) in [6.07, 6.45) is -4.76. The number of rotatable bonds is 2. The van der Waals surface area contributed by atoms with Crippen LogP contribution in [0.15, 0.2) is 0 Å². The Morgan fingerprint density at radius 1 is 1.41 bits per heavy atom. The molecule has 152 valence electrons. The zero-order valence-electron chi connectivity index (χ0n) is 15.1. The number of amides is 5. The number of urea groups is 2. The van der Waals surface area contributed by atoms with Crippen LogP contribution in [0.2, 0.25) is 0 Å². The molecule has 4 atom stereocenters. The van der Waals surface area contributed by atoms with Gasteiger partial charge in [-0.1, -0.05) is 6.42 Å². The molecule has 2 aliphatic heterocycles. The summed E-state index contributed by atoms with van der Waals surface area (Å²) in [6.45, 7) is 1.24. The SMILES string of the molecule is C[C@@H]1[C@H](C(F)(F)F)OCCN1C(=O)NCC1CCCC12NC(=O)N(C)C2=O. The molecule has 0 aromatic carbocycles. The summed E-state index contributed by atoms with van der Waals surface area (Å²) in [7, 11) is 1.40. The minimum atomic E-state index is -4.56. The van der Waals surface area contributed by atoms with E-state index in [2.05, 4.69) is 10.6 Å². The average molecular weight is 392 g/mol. The Hall–Kier alpha value is -2.04. The highest BCUT2D eigenvalue weighted by Gasteiger charge is 2.57. The first-order chi connectivity index (χ1) is 12.6. The number of likely N-dealkylation sites (N-methyl/N-ethyl adjacent to an activating group) is 1. The van der Waals surface area contributed by atoms with Crippen molar-refractivity contribution in [2.24, 2.45) is 5.92 Å². The Kier molecular flexibility index (Phi) is 5.00. The molecular weight excluding hydrogens is 369 g/mol. The lowest BCUT2D eigenvalue weighted by atomic mass is 9.87. The van der Waals surface area contributed by atoms with Crippen LogP contribution in [0, 0.1) is 5.92 Å². The van der Waals surface area contributed by atoms with E-state index in [0.717, 1.165) is 9.80 Å². The summed E-state index contributed by atoms with van der Waals surface area (Å²) in [5.41, 5.74) is -1.04. The van der Waals surface area contributed by atoms with Crippen molar-refractivity contribution in [1.29, 1.82) is 0 Å². The summed E-state index contributed by atoms with van der Waals surface area (Å²) in [5.74, 6) is -0.640. The maximum Gasteiger partial charge on any atom is 0.416 e. The van der Waals surface area contributed by atoms with Crippen molar-refractivity contribution in [3.63, 3.8) is 0 Å². The van der Waals surface area contributed by atoms with Crippen molar-refractivity contribution in [1.82, 2.24) is 20.4 Å². The van der Waals surface area contributed by atoms with Gasteiger partial charge in [-0.15, -0.1) is 0 Å². The van der Waals surface area contributed by atoms with Crippen LogP contribution in [0.1, 0.15) is 26.2 Å². The zero-order chi connectivity index (χ0) is 20.0. The molecule has 27 heavy (non-hydrogen) atoms. The number of carbonyl (C=O) groups excluding carboxylic acids is 3. The van der Waals surface area contributed by atoms with Crippen molar-refractivity contribution >= 4 is 18.0 Å². The molecule has 2 saturated heterocycles. The zero-order valence-corrected chi connectivity index (χ0v) is 15.1. The summed E-state index contributed by atoms with van der Waals surface area (Å²) in [4.78, 5) is 38.9. The minimum absolute atomic E-state index is 0.0494. The van der Waals surface area contributed by atoms with Crippen molar-refractivity contribution in [2.75, 3.05) is 26.7 Å². The number of hydrogen-bond donors (Lipinski definition) is 2. The van der Waals surface area contributed by atoms with Gasteiger partial charge in [-0.05, 0) is 19.8 Å². The molecular formula is C16H23F3N4O4. The fraction of sp³-hybridized carbons (Fsp3) is 0.812. The van der Waals surface area contributed by atoms with E-state index in [1.165, 1.54) is 14.0 Å². The summed E-state index contributed by atoms with van der Waals surface area (Å²) >= 11 is 0. The first kappa shape index (κ1) is 19.7. The van der Waals surface area contributed by atoms with Gasteiger partial charge in [-0.3, -0.25) is 9.69 Å². The topological polar surface area (TPSA) is 91.0 Å². The Bertz CT molecular complexity index is 644. The van der Waals surface area contributed by atoms with Gasteiger partial charge in [0.1, 0.15) is 5.54 Å². The maximum absolute atomic E-state index is 13.0. The predicted octanol–water partition coefficient (Wildman–Crippen LogP) is 1.07. The van der Waals surface area contributed by atoms with Crippen LogP contribution in [0.3, 0.4) is 0 Å². The van der Waals surface area contributed by atoms with Gasteiger partial charge in [0.15, 0.2) is 6.10 Å². The Morgan fingerprint density at radius 2 is 2.11 bits per heavy atom. The molecule has 1 spiro atoms. The molecule has 2 N–H and O–H groups in total. The molecule has 0 aromatic heterocycles. The van der Waals surface area contributed by atoms with Crippen molar-refractivity contribution in [3.8, 4) is 0 Å². The summed E-state index contributed by atoms with van der Waals surface area (Å²) in [6, 6.07) is -2.27. The first-order valence-electron chi connectivity index (χ1n) is 8.91. The number of nitrogens with zero attached hydrogens (tertiary/aromatic N) is 2. The van der Waals surface area contributed by atoms with Crippen molar-refractivity contribution in [2.45, 2.75) is 50.0 Å². The van der Waals surface area contributed by atoms with Crippen LogP contribution in [-0.2, 0) is 9.53 Å². The van der Waals surface area contributed by atoms with Gasteiger partial charge in [-0.2, -0.15) is 13.2 Å². The fourth-order valence-corrected chi connectivity index (χ4v) is 4.27. The van der Waals surface area contributed by atoms with Gasteiger partial charge in [0, 0.05) is 26.1 Å². The maximum atomic E-state index is 13.0. The number of halogens is 3. The molecule has 8 nitrogen and oxygen atoms in total. The molecule has 0 bridgehead atoms. The normalized spacial score (nSPS) is 34.3. The van der Waals surface area contributed by atoms with E-state index in [1.54, 1.807) is 0 Å². The molecule has 2 heterocycles. The lowest BCUT2D eigenvalue weighted by Gasteiger charge is -2.40. The minimum Gasteiger partial charge on any atom is -0.365 e. The average Bonchev–Trinajstić information content (AvgIpc) is 3.09. The predicted molar refractivity (Wildman–Crippen MR) is 86.7 cm³/mol. The van der Waals surface area contributed by atoms with Crippen LogP contribution in [-0.4, -0.2) is 78.4 Å². The second-order valence-corrected chi connectivity index (χ2v) is 7.31. The summed E-state index contributed by atoms with van der Waals surface area (Å²) in [5, 5.41) is 5.36. The second kappa shape index (κ2) is 6.84. The molecule has 1 saturated carbocycles. The largest absolute Gasteiger partial charge is 0.416 e. The van der Waals surface area contributed by atoms with Crippen LogP contribution in [0.25, 0.3) is 0 Å². The van der Waals surface area contributed by atoms with E-state index in [4.69, 9.17) is 4.74 Å². The quantitative estimate of drug-likeness (QED) is 0.688. The van der Waals surface area contributed by atoms with Gasteiger partial charge in [0.2, 0.25) is 0 Å². The lowest BCUT2D eigenvalue weighted by molar-refractivity contribution is -0.246. The van der Waals surface area contributed by atoms with Crippen LogP contribution in [0.4, 0.5) is 22.8 Å². The van der Waals surface area contributed by atoms with Gasteiger partial charge in [-0.25, -0.2) is 9.59 Å². The molecule has 0 radical (unpaired) electrons. The smallest absolute Gasteiger partial charge is 0.365 e. The van der Waals surface area contributed by atoms with Crippen LogP contribution < -0.4 is 10.6 Å². The van der Waals surface area contributed by atoms with E-state index in [-0.39, 0.29) is 31.5 Å². The van der Waals surface area contributed by atoms with E-state index >= 15 is 0 Å². The number of nitrogens with one attached hydrogen (secondary N) is 2.